The van der Waals surface area contributed by atoms with Crippen molar-refractivity contribution in [2.45, 2.75) is 26.8 Å². The number of hydrogen-bond acceptors (Lipinski definition) is 2. The smallest absolute Gasteiger partial charge is 0.195 e. The van der Waals surface area contributed by atoms with Crippen LogP contribution in [0.5, 0.6) is 0 Å². The Hall–Kier alpha value is -0.790. The highest BCUT2D eigenvalue weighted by atomic mass is 127. The number of aryl methyl sites for hydroxylation is 3. The lowest BCUT2D eigenvalue weighted by Crippen LogP contribution is -2.35. The number of nitrogens with zero attached hydrogens (tertiary/aromatic N) is 5. The first-order valence-corrected chi connectivity index (χ1v) is 6.32. The summed E-state index contributed by atoms with van der Waals surface area (Å²) in [5, 5.41) is 4.44. The molecule has 0 radical (unpaired) electrons. The maximum atomic E-state index is 4.60. The van der Waals surface area contributed by atoms with E-state index < -0.39 is 0 Å². The summed E-state index contributed by atoms with van der Waals surface area (Å²) in [7, 11) is 8.05. The zero-order chi connectivity index (χ0) is 13.7. The SMILES string of the molecule is Cc1cc(C)n(CCCN=C(N(C)C)N(C)C)n1.I. The van der Waals surface area contributed by atoms with Crippen LogP contribution in [0, 0.1) is 13.8 Å². The Morgan fingerprint density at radius 3 is 2.21 bits per heavy atom. The van der Waals surface area contributed by atoms with E-state index in [-0.39, 0.29) is 24.0 Å². The van der Waals surface area contributed by atoms with Gasteiger partial charge in [0.25, 0.3) is 0 Å². The second-order valence-corrected chi connectivity index (χ2v) is 4.97. The van der Waals surface area contributed by atoms with Crippen LogP contribution in [0.2, 0.25) is 0 Å². The van der Waals surface area contributed by atoms with Gasteiger partial charge >= 0.3 is 0 Å². The molecule has 110 valence electrons. The summed E-state index contributed by atoms with van der Waals surface area (Å²) in [4.78, 5) is 8.66. The molecule has 0 aliphatic carbocycles. The first kappa shape index (κ1) is 18.2. The first-order valence-electron chi connectivity index (χ1n) is 6.32. The van der Waals surface area contributed by atoms with E-state index in [9.17, 15) is 0 Å². The van der Waals surface area contributed by atoms with E-state index in [1.807, 2.05) is 44.9 Å². The van der Waals surface area contributed by atoms with Gasteiger partial charge < -0.3 is 9.80 Å². The van der Waals surface area contributed by atoms with Crippen LogP contribution < -0.4 is 0 Å². The Bertz CT molecular complexity index is 399. The Kier molecular flexibility index (Phi) is 8.05. The van der Waals surface area contributed by atoms with Crippen molar-refractivity contribution in [3.05, 3.63) is 17.5 Å². The molecule has 0 N–H and O–H groups in total. The monoisotopic (exact) mass is 379 g/mol. The zero-order valence-electron chi connectivity index (χ0n) is 12.8. The molecule has 0 aliphatic rings. The minimum absolute atomic E-state index is 0. The molecule has 0 amide bonds. The summed E-state index contributed by atoms with van der Waals surface area (Å²) < 4.78 is 2.05. The number of halogens is 1. The predicted molar refractivity (Wildman–Crippen MR) is 91.4 cm³/mol. The van der Waals surface area contributed by atoms with Gasteiger partial charge in [0.15, 0.2) is 5.96 Å². The average Bonchev–Trinajstić information content (AvgIpc) is 2.56. The molecule has 0 saturated heterocycles. The third-order valence-corrected chi connectivity index (χ3v) is 2.68. The van der Waals surface area contributed by atoms with Crippen LogP contribution in [0.25, 0.3) is 0 Å². The van der Waals surface area contributed by atoms with Crippen molar-refractivity contribution in [1.82, 2.24) is 19.6 Å². The fourth-order valence-electron chi connectivity index (χ4n) is 1.98. The van der Waals surface area contributed by atoms with E-state index in [4.69, 9.17) is 0 Å². The van der Waals surface area contributed by atoms with Crippen LogP contribution >= 0.6 is 24.0 Å². The summed E-state index contributed by atoms with van der Waals surface area (Å²) in [5.41, 5.74) is 2.30. The molecule has 0 saturated carbocycles. The molecule has 1 heterocycles. The van der Waals surface area contributed by atoms with E-state index in [0.717, 1.165) is 31.2 Å². The highest BCUT2D eigenvalue weighted by molar-refractivity contribution is 14.0. The second-order valence-electron chi connectivity index (χ2n) is 4.97. The third kappa shape index (κ3) is 5.80. The topological polar surface area (TPSA) is 36.7 Å². The van der Waals surface area contributed by atoms with Crippen LogP contribution in [0.15, 0.2) is 11.1 Å². The van der Waals surface area contributed by atoms with E-state index in [1.165, 1.54) is 5.69 Å². The molecule has 0 fully saturated rings. The van der Waals surface area contributed by atoms with Crippen molar-refractivity contribution < 1.29 is 0 Å². The van der Waals surface area contributed by atoms with E-state index in [1.54, 1.807) is 0 Å². The summed E-state index contributed by atoms with van der Waals surface area (Å²) >= 11 is 0. The van der Waals surface area contributed by atoms with E-state index in [0.29, 0.717) is 0 Å². The lowest BCUT2D eigenvalue weighted by atomic mass is 10.4. The molecule has 0 unspecified atom stereocenters. The first-order chi connectivity index (χ1) is 8.41. The van der Waals surface area contributed by atoms with Gasteiger partial charge in [-0.05, 0) is 26.3 Å². The molecule has 0 aromatic carbocycles. The van der Waals surface area contributed by atoms with E-state index >= 15 is 0 Å². The number of aromatic nitrogens is 2. The lowest BCUT2D eigenvalue weighted by Gasteiger charge is -2.22. The molecular weight excluding hydrogens is 353 g/mol. The number of guanidine groups is 1. The van der Waals surface area contributed by atoms with Crippen molar-refractivity contribution in [1.29, 1.82) is 0 Å². The summed E-state index contributed by atoms with van der Waals surface area (Å²) in [6, 6.07) is 2.11. The molecule has 19 heavy (non-hydrogen) atoms. The minimum Gasteiger partial charge on any atom is -0.349 e. The molecule has 6 heteroatoms. The maximum absolute atomic E-state index is 4.60. The Balaban J connectivity index is 0.00000324. The molecular formula is C13H26IN5. The maximum Gasteiger partial charge on any atom is 0.195 e. The van der Waals surface area contributed by atoms with Crippen molar-refractivity contribution in [2.75, 3.05) is 34.7 Å². The van der Waals surface area contributed by atoms with Gasteiger partial charge in [0.05, 0.1) is 5.69 Å². The normalized spacial score (nSPS) is 9.79. The molecule has 0 spiro atoms. The average molecular weight is 379 g/mol. The summed E-state index contributed by atoms with van der Waals surface area (Å²) in [6.45, 7) is 5.87. The fourth-order valence-corrected chi connectivity index (χ4v) is 1.98. The molecule has 1 rings (SSSR count). The molecule has 0 bridgehead atoms. The highest BCUT2D eigenvalue weighted by Gasteiger charge is 2.04. The van der Waals surface area contributed by atoms with Gasteiger partial charge in [-0.15, -0.1) is 24.0 Å². The standard InChI is InChI=1S/C13H25N5.HI/c1-11-10-12(2)18(15-11)9-7-8-14-13(16(3)4)17(5)6;/h10H,7-9H2,1-6H3;1H. The molecule has 0 atom stereocenters. The van der Waals surface area contributed by atoms with Crippen molar-refractivity contribution in [2.24, 2.45) is 4.99 Å². The molecule has 1 aromatic rings. The molecule has 0 aliphatic heterocycles. The van der Waals surface area contributed by atoms with Crippen molar-refractivity contribution in [3.63, 3.8) is 0 Å². The second kappa shape index (κ2) is 8.39. The lowest BCUT2D eigenvalue weighted by molar-refractivity contribution is 0.476. The number of aliphatic imine (C=N–C) groups is 1. The van der Waals surface area contributed by atoms with Crippen molar-refractivity contribution in [3.8, 4) is 0 Å². The summed E-state index contributed by atoms with van der Waals surface area (Å²) in [6.07, 6.45) is 1.01. The van der Waals surface area contributed by atoms with Gasteiger partial charge in [0, 0.05) is 47.0 Å². The highest BCUT2D eigenvalue weighted by Crippen LogP contribution is 2.02. The Morgan fingerprint density at radius 2 is 1.79 bits per heavy atom. The van der Waals surface area contributed by atoms with Crippen LogP contribution in [0.4, 0.5) is 0 Å². The van der Waals surface area contributed by atoms with E-state index in [2.05, 4.69) is 27.8 Å². The van der Waals surface area contributed by atoms with Crippen LogP contribution in [-0.2, 0) is 6.54 Å². The van der Waals surface area contributed by atoms with Crippen molar-refractivity contribution >= 4 is 29.9 Å². The third-order valence-electron chi connectivity index (χ3n) is 2.68. The Labute approximate surface area is 133 Å². The zero-order valence-corrected chi connectivity index (χ0v) is 15.2. The summed E-state index contributed by atoms with van der Waals surface area (Å²) in [5.74, 6) is 1.00. The van der Waals surface area contributed by atoms with Gasteiger partial charge in [0.1, 0.15) is 0 Å². The van der Waals surface area contributed by atoms with Gasteiger partial charge in [0.2, 0.25) is 0 Å². The van der Waals surface area contributed by atoms with Gasteiger partial charge in [-0.2, -0.15) is 5.10 Å². The van der Waals surface area contributed by atoms with Gasteiger partial charge in [-0.25, -0.2) is 0 Å². The van der Waals surface area contributed by atoms with Gasteiger partial charge in [-0.3, -0.25) is 9.67 Å². The minimum atomic E-state index is 0. The van der Waals surface area contributed by atoms with Crippen LogP contribution in [0.1, 0.15) is 17.8 Å². The fraction of sp³-hybridized carbons (Fsp3) is 0.692. The predicted octanol–water partition coefficient (Wildman–Crippen LogP) is 1.99. The Morgan fingerprint density at radius 1 is 1.21 bits per heavy atom. The quantitative estimate of drug-likeness (QED) is 0.348. The number of hydrogen-bond donors (Lipinski definition) is 0. The largest absolute Gasteiger partial charge is 0.349 e. The number of rotatable bonds is 4. The van der Waals surface area contributed by atoms with Crippen LogP contribution in [0.3, 0.4) is 0 Å². The van der Waals surface area contributed by atoms with Crippen LogP contribution in [-0.4, -0.2) is 60.3 Å². The molecule has 5 nitrogen and oxygen atoms in total. The van der Waals surface area contributed by atoms with Gasteiger partial charge in [-0.1, -0.05) is 0 Å². The molecule has 1 aromatic heterocycles.